The lowest BCUT2D eigenvalue weighted by Crippen LogP contribution is -2.05. The molecule has 0 saturated carbocycles. The average Bonchev–Trinajstić information content (AvgIpc) is 2.56. The number of aromatic hydroxyl groups is 1. The van der Waals surface area contributed by atoms with Crippen LogP contribution in [0.25, 0.3) is 22.3 Å². The molecule has 25 heavy (non-hydrogen) atoms. The number of rotatable bonds is 3. The molecule has 0 bridgehead atoms. The van der Waals surface area contributed by atoms with Gasteiger partial charge in [-0.05, 0) is 47.9 Å². The van der Waals surface area contributed by atoms with Crippen LogP contribution in [0.5, 0.6) is 5.75 Å². The van der Waals surface area contributed by atoms with Gasteiger partial charge in [0.15, 0.2) is 0 Å². The Balaban J connectivity index is 2.11. The molecule has 0 saturated heterocycles. The number of benzene rings is 2. The van der Waals surface area contributed by atoms with Crippen LogP contribution in [0.1, 0.15) is 12.5 Å². The average molecular weight is 333 g/mol. The number of hydrogen-bond donors (Lipinski definition) is 3. The summed E-state index contributed by atoms with van der Waals surface area (Å²) in [5, 5.41) is 12.3. The lowest BCUT2D eigenvalue weighted by Gasteiger charge is -2.14. The summed E-state index contributed by atoms with van der Waals surface area (Å²) in [6.07, 6.45) is 1.74. The largest absolute Gasteiger partial charge is 0.508 e. The molecule has 0 spiro atoms. The van der Waals surface area contributed by atoms with Gasteiger partial charge in [0.05, 0.1) is 0 Å². The van der Waals surface area contributed by atoms with E-state index in [1.165, 1.54) is 6.92 Å². The third-order valence-electron chi connectivity index (χ3n) is 4.02. The molecule has 5 nitrogen and oxygen atoms in total. The maximum absolute atomic E-state index is 11.3. The Morgan fingerprint density at radius 1 is 1.12 bits per heavy atom. The zero-order valence-corrected chi connectivity index (χ0v) is 14.1. The third-order valence-corrected chi connectivity index (χ3v) is 4.02. The number of nitrogens with two attached hydrogens (primary N) is 1. The van der Waals surface area contributed by atoms with Crippen molar-refractivity contribution in [3.63, 3.8) is 0 Å². The van der Waals surface area contributed by atoms with Crippen molar-refractivity contribution in [1.29, 1.82) is 0 Å². The van der Waals surface area contributed by atoms with Crippen molar-refractivity contribution in [3.05, 3.63) is 60.3 Å². The van der Waals surface area contributed by atoms with E-state index in [2.05, 4.69) is 10.3 Å². The van der Waals surface area contributed by atoms with Gasteiger partial charge in [0, 0.05) is 29.9 Å². The second-order valence-electron chi connectivity index (χ2n) is 5.87. The minimum Gasteiger partial charge on any atom is -0.508 e. The highest BCUT2D eigenvalue weighted by atomic mass is 16.3. The number of pyridine rings is 1. The van der Waals surface area contributed by atoms with E-state index < -0.39 is 0 Å². The van der Waals surface area contributed by atoms with Crippen LogP contribution in [-0.4, -0.2) is 16.0 Å². The predicted octanol–water partition coefficient (Wildman–Crippen LogP) is 3.97. The zero-order valence-electron chi connectivity index (χ0n) is 14.1. The second kappa shape index (κ2) is 6.65. The van der Waals surface area contributed by atoms with Crippen LogP contribution in [-0.2, 0) is 4.79 Å². The number of anilines is 2. The molecule has 3 rings (SSSR count). The van der Waals surface area contributed by atoms with Gasteiger partial charge in [0.2, 0.25) is 5.91 Å². The minimum absolute atomic E-state index is 0.117. The molecular weight excluding hydrogens is 314 g/mol. The SMILES string of the molecule is CC(=O)Nc1cccc(-c2cnc(N)c(-c3ccc(O)cc3)c2C)c1. The fraction of sp³-hybridized carbons (Fsp3) is 0.100. The van der Waals surface area contributed by atoms with E-state index in [0.717, 1.165) is 33.5 Å². The van der Waals surface area contributed by atoms with Gasteiger partial charge in [0.25, 0.3) is 0 Å². The number of phenols is 1. The molecule has 1 heterocycles. The first-order chi connectivity index (χ1) is 12.0. The number of carbonyl (C=O) groups excluding carboxylic acids is 1. The maximum atomic E-state index is 11.3. The third kappa shape index (κ3) is 3.45. The Hall–Kier alpha value is -3.34. The number of nitrogens with one attached hydrogen (secondary N) is 1. The summed E-state index contributed by atoms with van der Waals surface area (Å²) in [5.41, 5.74) is 11.4. The van der Waals surface area contributed by atoms with Crippen molar-refractivity contribution in [2.24, 2.45) is 0 Å². The lowest BCUT2D eigenvalue weighted by molar-refractivity contribution is -0.114. The van der Waals surface area contributed by atoms with Gasteiger partial charge in [-0.1, -0.05) is 24.3 Å². The number of amides is 1. The summed E-state index contributed by atoms with van der Waals surface area (Å²) in [6, 6.07) is 14.5. The summed E-state index contributed by atoms with van der Waals surface area (Å²) in [5.74, 6) is 0.520. The van der Waals surface area contributed by atoms with E-state index in [0.29, 0.717) is 5.82 Å². The second-order valence-corrected chi connectivity index (χ2v) is 5.87. The van der Waals surface area contributed by atoms with Crippen LogP contribution in [0.3, 0.4) is 0 Å². The standard InChI is InChI=1S/C20H19N3O2/c1-12-18(15-4-3-5-16(10-15)23-13(2)24)11-22-20(21)19(12)14-6-8-17(25)9-7-14/h3-11,25H,1-2H3,(H2,21,22)(H,23,24). The molecule has 2 aromatic carbocycles. The van der Waals surface area contributed by atoms with E-state index in [9.17, 15) is 9.90 Å². The van der Waals surface area contributed by atoms with Gasteiger partial charge in [-0.3, -0.25) is 4.79 Å². The van der Waals surface area contributed by atoms with Crippen molar-refractivity contribution in [2.45, 2.75) is 13.8 Å². The van der Waals surface area contributed by atoms with Gasteiger partial charge in [-0.25, -0.2) is 4.98 Å². The van der Waals surface area contributed by atoms with E-state index >= 15 is 0 Å². The summed E-state index contributed by atoms with van der Waals surface area (Å²) in [4.78, 5) is 15.6. The topological polar surface area (TPSA) is 88.2 Å². The highest BCUT2D eigenvalue weighted by Gasteiger charge is 2.13. The number of carbonyl (C=O) groups is 1. The van der Waals surface area contributed by atoms with Crippen LogP contribution >= 0.6 is 0 Å². The van der Waals surface area contributed by atoms with Crippen molar-refractivity contribution in [1.82, 2.24) is 4.98 Å². The van der Waals surface area contributed by atoms with Crippen LogP contribution in [0.4, 0.5) is 11.5 Å². The first-order valence-corrected chi connectivity index (χ1v) is 7.88. The molecular formula is C20H19N3O2. The Kier molecular flexibility index (Phi) is 4.39. The fourth-order valence-electron chi connectivity index (χ4n) is 2.87. The van der Waals surface area contributed by atoms with E-state index in [4.69, 9.17) is 5.73 Å². The molecule has 3 aromatic rings. The fourth-order valence-corrected chi connectivity index (χ4v) is 2.87. The molecule has 126 valence electrons. The van der Waals surface area contributed by atoms with Crippen molar-refractivity contribution >= 4 is 17.4 Å². The summed E-state index contributed by atoms with van der Waals surface area (Å²) >= 11 is 0. The Labute approximate surface area is 146 Å². The van der Waals surface area contributed by atoms with E-state index in [-0.39, 0.29) is 11.7 Å². The minimum atomic E-state index is -0.117. The number of aromatic nitrogens is 1. The van der Waals surface area contributed by atoms with Crippen molar-refractivity contribution < 1.29 is 9.90 Å². The lowest BCUT2D eigenvalue weighted by atomic mass is 9.94. The molecule has 0 unspecified atom stereocenters. The van der Waals surface area contributed by atoms with Gasteiger partial charge < -0.3 is 16.2 Å². The summed E-state index contributed by atoms with van der Waals surface area (Å²) in [7, 11) is 0. The molecule has 0 aliphatic rings. The summed E-state index contributed by atoms with van der Waals surface area (Å²) in [6.45, 7) is 3.46. The summed E-state index contributed by atoms with van der Waals surface area (Å²) < 4.78 is 0. The number of hydrogen-bond acceptors (Lipinski definition) is 4. The molecule has 0 aliphatic carbocycles. The Bertz CT molecular complexity index is 934. The number of nitrogens with zero attached hydrogens (tertiary/aromatic N) is 1. The predicted molar refractivity (Wildman–Crippen MR) is 100 cm³/mol. The molecule has 4 N–H and O–H groups in total. The zero-order chi connectivity index (χ0) is 18.0. The Morgan fingerprint density at radius 3 is 2.52 bits per heavy atom. The molecule has 0 fully saturated rings. The highest BCUT2D eigenvalue weighted by molar-refractivity contribution is 5.90. The molecule has 0 radical (unpaired) electrons. The maximum Gasteiger partial charge on any atom is 0.221 e. The van der Waals surface area contributed by atoms with E-state index in [1.807, 2.05) is 43.3 Å². The van der Waals surface area contributed by atoms with Crippen LogP contribution < -0.4 is 11.1 Å². The van der Waals surface area contributed by atoms with Crippen LogP contribution in [0.2, 0.25) is 0 Å². The number of phenolic OH excluding ortho intramolecular Hbond substituents is 1. The number of nitrogen functional groups attached to an aromatic ring is 1. The molecule has 0 atom stereocenters. The monoisotopic (exact) mass is 333 g/mol. The van der Waals surface area contributed by atoms with E-state index in [1.54, 1.807) is 18.3 Å². The van der Waals surface area contributed by atoms with Gasteiger partial charge in [-0.15, -0.1) is 0 Å². The Morgan fingerprint density at radius 2 is 1.84 bits per heavy atom. The van der Waals surface area contributed by atoms with Gasteiger partial charge >= 0.3 is 0 Å². The van der Waals surface area contributed by atoms with Gasteiger partial charge in [0.1, 0.15) is 11.6 Å². The highest BCUT2D eigenvalue weighted by Crippen LogP contribution is 2.35. The first kappa shape index (κ1) is 16.5. The van der Waals surface area contributed by atoms with Crippen LogP contribution in [0.15, 0.2) is 54.7 Å². The molecule has 1 aromatic heterocycles. The van der Waals surface area contributed by atoms with Crippen molar-refractivity contribution in [2.75, 3.05) is 11.1 Å². The smallest absolute Gasteiger partial charge is 0.221 e. The molecule has 1 amide bonds. The van der Waals surface area contributed by atoms with Crippen molar-refractivity contribution in [3.8, 4) is 28.0 Å². The normalized spacial score (nSPS) is 10.5. The molecule has 5 heteroatoms. The first-order valence-electron chi connectivity index (χ1n) is 7.88. The quantitative estimate of drug-likeness (QED) is 0.676. The molecule has 0 aliphatic heterocycles. The van der Waals surface area contributed by atoms with Gasteiger partial charge in [-0.2, -0.15) is 0 Å². The van der Waals surface area contributed by atoms with Crippen LogP contribution in [0, 0.1) is 6.92 Å².